The number of fused-ring (bicyclic) bond motifs is 1. The number of allylic oxidation sites excluding steroid dienone is 1. The molecule has 1 unspecified atom stereocenters. The first-order valence-electron chi connectivity index (χ1n) is 12.6. The van der Waals surface area contributed by atoms with Crippen LogP contribution in [0, 0.1) is 11.7 Å². The molecule has 3 aromatic rings. The standard InChI is InChI=1S/C28H27ClFN3O4S/c29-20-9-7-19(8-10-20)16-32-27(35)23-17-31-25-22(26(23)34)13-21(30)14-24(25)38(36,37)28(11-4-12-33-28)15-18-5-2-1-3-6-18/h4,7-14,17-18H,1-3,5-6,15-16H2,(H,31,34)(H,32,35). The van der Waals surface area contributed by atoms with Crippen LogP contribution in [0.1, 0.15) is 54.4 Å². The van der Waals surface area contributed by atoms with Gasteiger partial charge in [0.1, 0.15) is 11.4 Å². The molecular formula is C28H27ClFN3O4S. The lowest BCUT2D eigenvalue weighted by Gasteiger charge is -2.31. The molecule has 38 heavy (non-hydrogen) atoms. The normalized spacial score (nSPS) is 19.7. The molecule has 2 aromatic carbocycles. The van der Waals surface area contributed by atoms with Crippen LogP contribution >= 0.6 is 11.6 Å². The molecule has 1 aromatic heterocycles. The van der Waals surface area contributed by atoms with E-state index in [1.807, 2.05) is 0 Å². The van der Waals surface area contributed by atoms with E-state index in [0.29, 0.717) is 5.02 Å². The average Bonchev–Trinajstić information content (AvgIpc) is 3.39. The fraction of sp³-hybridized carbons (Fsp3) is 0.321. The van der Waals surface area contributed by atoms with E-state index in [9.17, 15) is 22.4 Å². The van der Waals surface area contributed by atoms with Gasteiger partial charge in [-0.2, -0.15) is 0 Å². The third-order valence-corrected chi connectivity index (χ3v) is 9.82. The largest absolute Gasteiger partial charge is 0.359 e. The van der Waals surface area contributed by atoms with E-state index in [1.165, 1.54) is 12.4 Å². The van der Waals surface area contributed by atoms with Crippen LogP contribution in [0.2, 0.25) is 5.02 Å². The van der Waals surface area contributed by atoms with Crippen LogP contribution < -0.4 is 10.7 Å². The molecule has 0 saturated heterocycles. The Labute approximate surface area is 224 Å². The number of rotatable bonds is 7. The highest BCUT2D eigenvalue weighted by atomic mass is 35.5. The topological polar surface area (TPSA) is 108 Å². The number of halogens is 2. The molecule has 0 bridgehead atoms. The van der Waals surface area contributed by atoms with Gasteiger partial charge in [-0.1, -0.05) is 55.8 Å². The summed E-state index contributed by atoms with van der Waals surface area (Å²) in [6.07, 6.45) is 11.1. The summed E-state index contributed by atoms with van der Waals surface area (Å²) >= 11 is 5.89. The molecule has 5 rings (SSSR count). The number of nitrogens with one attached hydrogen (secondary N) is 2. The summed E-state index contributed by atoms with van der Waals surface area (Å²) in [5.74, 6) is -1.39. The maximum Gasteiger partial charge on any atom is 0.257 e. The number of pyridine rings is 1. The lowest BCUT2D eigenvalue weighted by molar-refractivity contribution is 0.0949. The van der Waals surface area contributed by atoms with E-state index in [0.717, 1.165) is 49.8 Å². The molecule has 1 atom stereocenters. The molecule has 1 aliphatic carbocycles. The zero-order chi connectivity index (χ0) is 26.9. The van der Waals surface area contributed by atoms with Crippen LogP contribution in [0.5, 0.6) is 0 Å². The number of sulfone groups is 1. The van der Waals surface area contributed by atoms with Crippen molar-refractivity contribution in [3.8, 4) is 0 Å². The molecule has 2 aliphatic rings. The number of nitrogens with zero attached hydrogens (tertiary/aromatic N) is 1. The van der Waals surface area contributed by atoms with Crippen molar-refractivity contribution in [2.45, 2.75) is 54.8 Å². The summed E-state index contributed by atoms with van der Waals surface area (Å²) in [6, 6.07) is 8.71. The van der Waals surface area contributed by atoms with Gasteiger partial charge >= 0.3 is 0 Å². The smallest absolute Gasteiger partial charge is 0.257 e. The molecule has 7 nitrogen and oxygen atoms in total. The van der Waals surface area contributed by atoms with E-state index in [4.69, 9.17) is 11.6 Å². The zero-order valence-corrected chi connectivity index (χ0v) is 22.1. The van der Waals surface area contributed by atoms with Crippen LogP contribution in [-0.2, 0) is 16.4 Å². The van der Waals surface area contributed by atoms with Crippen LogP contribution in [-0.4, -0.2) is 30.4 Å². The molecule has 0 spiro atoms. The first-order valence-corrected chi connectivity index (χ1v) is 14.4. The van der Waals surface area contributed by atoms with Crippen LogP contribution in [0.15, 0.2) is 69.4 Å². The van der Waals surface area contributed by atoms with E-state index in [-0.39, 0.29) is 40.2 Å². The molecule has 2 N–H and O–H groups in total. The quantitative estimate of drug-likeness (QED) is 0.410. The number of amides is 1. The summed E-state index contributed by atoms with van der Waals surface area (Å²) in [5, 5.41) is 2.99. The minimum Gasteiger partial charge on any atom is -0.359 e. The predicted octanol–water partition coefficient (Wildman–Crippen LogP) is 5.33. The first kappa shape index (κ1) is 26.3. The second kappa shape index (κ2) is 10.5. The molecule has 1 aliphatic heterocycles. The first-order chi connectivity index (χ1) is 18.2. The van der Waals surface area contributed by atoms with Crippen molar-refractivity contribution in [1.29, 1.82) is 0 Å². The minimum atomic E-state index is -4.25. The average molecular weight is 556 g/mol. The second-order valence-corrected chi connectivity index (χ2v) is 12.5. The molecule has 1 saturated carbocycles. The van der Waals surface area contributed by atoms with E-state index in [2.05, 4.69) is 15.3 Å². The fourth-order valence-corrected chi connectivity index (χ4v) is 7.44. The van der Waals surface area contributed by atoms with Crippen molar-refractivity contribution in [2.24, 2.45) is 10.9 Å². The molecule has 198 valence electrons. The van der Waals surface area contributed by atoms with E-state index in [1.54, 1.807) is 36.4 Å². The number of H-pyrrole nitrogens is 1. The Morgan fingerprint density at radius 3 is 2.58 bits per heavy atom. The lowest BCUT2D eigenvalue weighted by atomic mass is 9.85. The van der Waals surface area contributed by atoms with Crippen LogP contribution in [0.25, 0.3) is 10.9 Å². The Bertz CT molecular complexity index is 1600. The SMILES string of the molecule is O=C(NCc1ccc(Cl)cc1)c1c[nH]c2c(S(=O)(=O)C3(CC4CCCCC4)C=CC=N3)cc(F)cc2c1=O. The number of aliphatic imine (C=N–C) groups is 1. The number of benzene rings is 2. The monoisotopic (exact) mass is 555 g/mol. The Morgan fingerprint density at radius 2 is 1.89 bits per heavy atom. The van der Waals surface area contributed by atoms with Gasteiger partial charge in [0.25, 0.3) is 5.91 Å². The Kier molecular flexibility index (Phi) is 7.24. The maximum absolute atomic E-state index is 14.8. The molecule has 1 fully saturated rings. The van der Waals surface area contributed by atoms with E-state index >= 15 is 0 Å². The van der Waals surface area contributed by atoms with Gasteiger partial charge in [0.05, 0.1) is 15.8 Å². The van der Waals surface area contributed by atoms with Crippen molar-refractivity contribution in [2.75, 3.05) is 0 Å². The van der Waals surface area contributed by atoms with Gasteiger partial charge in [0.15, 0.2) is 4.87 Å². The number of aromatic nitrogens is 1. The van der Waals surface area contributed by atoms with Crippen LogP contribution in [0.4, 0.5) is 4.39 Å². The summed E-state index contributed by atoms with van der Waals surface area (Å²) in [4.78, 5) is 31.3. The van der Waals surface area contributed by atoms with Gasteiger partial charge in [-0.25, -0.2) is 12.8 Å². The van der Waals surface area contributed by atoms with Gasteiger partial charge in [0, 0.05) is 24.0 Å². The Morgan fingerprint density at radius 1 is 1.16 bits per heavy atom. The molecular weight excluding hydrogens is 529 g/mol. The number of carbonyl (C=O) groups excluding carboxylic acids is 1. The summed E-state index contributed by atoms with van der Waals surface area (Å²) in [7, 11) is -4.25. The number of hydrogen-bond donors (Lipinski definition) is 2. The Balaban J connectivity index is 1.51. The number of aromatic amines is 1. The van der Waals surface area contributed by atoms with Crippen molar-refractivity contribution < 1.29 is 17.6 Å². The molecule has 0 radical (unpaired) electrons. The van der Waals surface area contributed by atoms with Crippen molar-refractivity contribution in [3.63, 3.8) is 0 Å². The maximum atomic E-state index is 14.8. The predicted molar refractivity (Wildman–Crippen MR) is 146 cm³/mol. The van der Waals surface area contributed by atoms with E-state index < -0.39 is 31.9 Å². The highest BCUT2D eigenvalue weighted by molar-refractivity contribution is 7.93. The fourth-order valence-electron chi connectivity index (χ4n) is 5.32. The van der Waals surface area contributed by atoms with Gasteiger partial charge in [-0.3, -0.25) is 14.6 Å². The summed E-state index contributed by atoms with van der Waals surface area (Å²) in [5.41, 5.74) is -0.303. The van der Waals surface area contributed by atoms with Crippen molar-refractivity contribution in [3.05, 3.63) is 86.9 Å². The number of hydrogen-bond acceptors (Lipinski definition) is 5. The highest BCUT2D eigenvalue weighted by Gasteiger charge is 2.46. The second-order valence-electron chi connectivity index (χ2n) is 9.86. The third kappa shape index (κ3) is 4.92. The highest BCUT2D eigenvalue weighted by Crippen LogP contribution is 2.41. The summed E-state index contributed by atoms with van der Waals surface area (Å²) in [6.45, 7) is 0.143. The third-order valence-electron chi connectivity index (χ3n) is 7.32. The Hall–Kier alpha value is -3.30. The molecule has 10 heteroatoms. The lowest BCUT2D eigenvalue weighted by Crippen LogP contribution is -2.37. The van der Waals surface area contributed by atoms with Gasteiger partial charge < -0.3 is 10.3 Å². The summed E-state index contributed by atoms with van der Waals surface area (Å²) < 4.78 is 43.0. The van der Waals surface area contributed by atoms with Crippen molar-refractivity contribution in [1.82, 2.24) is 10.3 Å². The number of carbonyl (C=O) groups is 1. The minimum absolute atomic E-state index is 0.0517. The van der Waals surface area contributed by atoms with Gasteiger partial charge in [0.2, 0.25) is 15.3 Å². The van der Waals surface area contributed by atoms with Crippen molar-refractivity contribution >= 4 is 44.5 Å². The zero-order valence-electron chi connectivity index (χ0n) is 20.5. The molecule has 2 heterocycles. The van der Waals surface area contributed by atoms with Crippen LogP contribution in [0.3, 0.4) is 0 Å². The van der Waals surface area contributed by atoms with Gasteiger partial charge in [-0.15, -0.1) is 0 Å². The molecule has 1 amide bonds. The van der Waals surface area contributed by atoms with Gasteiger partial charge in [-0.05, 0) is 54.3 Å².